The van der Waals surface area contributed by atoms with Gasteiger partial charge in [-0.1, -0.05) is 24.3 Å². The number of hydrogen-bond donors (Lipinski definition) is 2. The highest BCUT2D eigenvalue weighted by Crippen LogP contribution is 2.27. The molecule has 2 heterocycles. The molecule has 1 atom stereocenters. The van der Waals surface area contributed by atoms with E-state index in [0.29, 0.717) is 18.8 Å². The van der Waals surface area contributed by atoms with Crippen molar-refractivity contribution in [3.63, 3.8) is 0 Å². The fourth-order valence-electron chi connectivity index (χ4n) is 3.67. The van der Waals surface area contributed by atoms with E-state index in [1.54, 1.807) is 0 Å². The number of amides is 1. The van der Waals surface area contributed by atoms with Gasteiger partial charge in [-0.05, 0) is 59.3 Å². The molecule has 0 aliphatic carbocycles. The molecular weight excluding hydrogens is 352 g/mol. The maximum absolute atomic E-state index is 12.8. The summed E-state index contributed by atoms with van der Waals surface area (Å²) in [6.45, 7) is 4.83. The lowest BCUT2D eigenvalue weighted by Gasteiger charge is -2.31. The number of benzene rings is 2. The first kappa shape index (κ1) is 18.7. The molecule has 4 rings (SSSR count). The van der Waals surface area contributed by atoms with Gasteiger partial charge in [-0.15, -0.1) is 0 Å². The van der Waals surface area contributed by atoms with Gasteiger partial charge in [0.25, 0.3) is 5.91 Å². The molecule has 2 aromatic carbocycles. The van der Waals surface area contributed by atoms with Gasteiger partial charge in [-0.3, -0.25) is 4.79 Å². The number of carbonyl (C=O) groups is 1. The second-order valence-corrected chi connectivity index (χ2v) is 7.43. The normalized spacial score (nSPS) is 19.0. The van der Waals surface area contributed by atoms with Crippen molar-refractivity contribution >= 4 is 23.9 Å². The molecule has 28 heavy (non-hydrogen) atoms. The Balaban J connectivity index is 1.65. The average molecular weight is 378 g/mol. The second kappa shape index (κ2) is 7.75. The minimum absolute atomic E-state index is 0.223. The first-order chi connectivity index (χ1) is 13.5. The third kappa shape index (κ3) is 3.67. The van der Waals surface area contributed by atoms with Crippen LogP contribution in [0.5, 0.6) is 0 Å². The molecule has 0 bridgehead atoms. The summed E-state index contributed by atoms with van der Waals surface area (Å²) in [7, 11) is 1.98. The lowest BCUT2D eigenvalue weighted by Crippen LogP contribution is -2.52. The maximum atomic E-state index is 12.8. The maximum Gasteiger partial charge on any atom is 0.271 e. The van der Waals surface area contributed by atoms with E-state index >= 15 is 0 Å². The van der Waals surface area contributed by atoms with Gasteiger partial charge in [0.2, 0.25) is 0 Å². The van der Waals surface area contributed by atoms with E-state index < -0.39 is 6.10 Å². The Bertz CT molecular complexity index is 1020. The number of hydrogen-bond acceptors (Lipinski definition) is 5. The van der Waals surface area contributed by atoms with E-state index in [0.717, 1.165) is 35.0 Å². The number of nitrogens with zero attached hydrogens (tertiary/aromatic N) is 2. The van der Waals surface area contributed by atoms with E-state index in [-0.39, 0.29) is 5.91 Å². The van der Waals surface area contributed by atoms with Crippen molar-refractivity contribution in [1.29, 1.82) is 0 Å². The number of aryl methyl sites for hydroxylation is 1. The first-order valence-electron chi connectivity index (χ1n) is 9.56. The van der Waals surface area contributed by atoms with E-state index in [1.165, 1.54) is 10.2 Å². The molecule has 146 valence electrons. The number of rotatable bonds is 3. The van der Waals surface area contributed by atoms with E-state index in [1.807, 2.05) is 31.4 Å². The van der Waals surface area contributed by atoms with Crippen molar-refractivity contribution in [3.8, 4) is 11.1 Å². The first-order valence-corrected chi connectivity index (χ1v) is 9.56. The van der Waals surface area contributed by atoms with Crippen molar-refractivity contribution in [1.82, 2.24) is 10.2 Å². The van der Waals surface area contributed by atoms with Gasteiger partial charge in [0.05, 0.1) is 12.3 Å². The molecule has 6 heteroatoms. The number of morpholine rings is 1. The van der Waals surface area contributed by atoms with Crippen LogP contribution in [0.4, 0.5) is 5.69 Å². The van der Waals surface area contributed by atoms with Crippen LogP contribution in [0, 0.1) is 6.92 Å². The summed E-state index contributed by atoms with van der Waals surface area (Å²) >= 11 is 0. The van der Waals surface area contributed by atoms with Crippen LogP contribution in [-0.4, -0.2) is 50.2 Å². The van der Waals surface area contributed by atoms with Crippen LogP contribution in [0.15, 0.2) is 36.4 Å². The molecule has 3 N–H and O–H groups in total. The van der Waals surface area contributed by atoms with Crippen LogP contribution in [-0.2, 0) is 9.53 Å². The molecule has 0 spiro atoms. The van der Waals surface area contributed by atoms with Gasteiger partial charge in [0.1, 0.15) is 0 Å². The Morgan fingerprint density at radius 3 is 2.93 bits per heavy atom. The van der Waals surface area contributed by atoms with Crippen LogP contribution in [0.25, 0.3) is 23.4 Å². The minimum atomic E-state index is -0.534. The monoisotopic (exact) mass is 378 g/mol. The molecule has 0 aromatic heterocycles. The molecule has 1 fully saturated rings. The molecule has 6 nitrogen and oxygen atoms in total. The van der Waals surface area contributed by atoms with Crippen LogP contribution < -0.4 is 26.6 Å². The number of fused-ring (bicyclic) bond motifs is 1. The smallest absolute Gasteiger partial charge is 0.271 e. The molecule has 2 aliphatic heterocycles. The molecule has 0 saturated carbocycles. The Kier molecular flexibility index (Phi) is 5.17. The minimum Gasteiger partial charge on any atom is -0.387 e. The van der Waals surface area contributed by atoms with Gasteiger partial charge in [0, 0.05) is 25.8 Å². The van der Waals surface area contributed by atoms with E-state index in [2.05, 4.69) is 41.4 Å². The summed E-state index contributed by atoms with van der Waals surface area (Å²) in [6, 6.07) is 12.3. The molecule has 1 unspecified atom stereocenters. The quantitative estimate of drug-likeness (QED) is 0.457. The molecule has 2 aromatic rings. The highest BCUT2D eigenvalue weighted by molar-refractivity contribution is 5.96. The predicted molar refractivity (Wildman–Crippen MR) is 112 cm³/mol. The summed E-state index contributed by atoms with van der Waals surface area (Å²) < 4.78 is 5.63. The van der Waals surface area contributed by atoms with Crippen LogP contribution in [0.3, 0.4) is 0 Å². The van der Waals surface area contributed by atoms with Crippen LogP contribution in [0.1, 0.15) is 5.56 Å². The van der Waals surface area contributed by atoms with Crippen LogP contribution >= 0.6 is 0 Å². The highest BCUT2D eigenvalue weighted by atomic mass is 16.5. The van der Waals surface area contributed by atoms with E-state index in [9.17, 15) is 4.79 Å². The number of anilines is 1. The third-order valence-corrected chi connectivity index (χ3v) is 5.38. The summed E-state index contributed by atoms with van der Waals surface area (Å²) in [5.74, 6) is 5.96. The predicted octanol–water partition coefficient (Wildman–Crippen LogP) is 0.321. The number of hydrazine groups is 1. The number of carbonyl (C=O) groups excluding carboxylic acids is 1. The Hall–Kier alpha value is -2.67. The fraction of sp³-hybridized carbons (Fsp3) is 0.318. The zero-order valence-corrected chi connectivity index (χ0v) is 16.3. The zero-order valence-electron chi connectivity index (χ0n) is 16.3. The van der Waals surface area contributed by atoms with Crippen molar-refractivity contribution in [3.05, 3.63) is 52.4 Å². The average Bonchev–Trinajstić information content (AvgIpc) is 2.72. The fourth-order valence-corrected chi connectivity index (χ4v) is 3.67. The summed E-state index contributed by atoms with van der Waals surface area (Å²) in [5.41, 5.74) is 3.95. The SMILES string of the molecule is Cc1ccc(N(N)C(=O)C2CN(C)CCO2)cc1-c1ccc2c(c1)=CNCC=2. The molecule has 1 saturated heterocycles. The van der Waals surface area contributed by atoms with E-state index in [4.69, 9.17) is 10.6 Å². The number of nitrogens with one attached hydrogen (secondary N) is 1. The Morgan fingerprint density at radius 2 is 2.11 bits per heavy atom. The van der Waals surface area contributed by atoms with Gasteiger partial charge >= 0.3 is 0 Å². The Labute approximate surface area is 164 Å². The van der Waals surface area contributed by atoms with Crippen molar-refractivity contribution < 1.29 is 9.53 Å². The highest BCUT2D eigenvalue weighted by Gasteiger charge is 2.28. The Morgan fingerprint density at radius 1 is 1.25 bits per heavy atom. The second-order valence-electron chi connectivity index (χ2n) is 7.43. The van der Waals surface area contributed by atoms with Gasteiger partial charge < -0.3 is 15.0 Å². The standard InChI is InChI=1S/C22H26N4O2/c1-15-3-6-19(26(23)22(27)21-14-25(2)9-10-28-21)12-20(15)17-5-4-16-7-8-24-13-18(16)11-17/h3-7,11-13,21,24H,8-10,14,23H2,1-2H3. The summed E-state index contributed by atoms with van der Waals surface area (Å²) in [6.07, 6.45) is 3.67. The molecular formula is C22H26N4O2. The lowest BCUT2D eigenvalue weighted by molar-refractivity contribution is -0.135. The van der Waals surface area contributed by atoms with Crippen LogP contribution in [0.2, 0.25) is 0 Å². The summed E-state index contributed by atoms with van der Waals surface area (Å²) in [5, 5.41) is 6.85. The lowest BCUT2D eigenvalue weighted by atomic mass is 9.98. The number of ether oxygens (including phenoxy) is 1. The number of nitrogens with two attached hydrogens (primary N) is 1. The zero-order chi connectivity index (χ0) is 19.7. The van der Waals surface area contributed by atoms with Crippen molar-refractivity contribution in [2.45, 2.75) is 13.0 Å². The van der Waals surface area contributed by atoms with Crippen molar-refractivity contribution in [2.75, 3.05) is 38.3 Å². The number of likely N-dealkylation sites (N-methyl/N-ethyl adjacent to an activating group) is 1. The molecule has 2 aliphatic rings. The largest absolute Gasteiger partial charge is 0.387 e. The topological polar surface area (TPSA) is 70.8 Å². The summed E-state index contributed by atoms with van der Waals surface area (Å²) in [4.78, 5) is 14.9. The van der Waals surface area contributed by atoms with Gasteiger partial charge in [-0.2, -0.15) is 0 Å². The van der Waals surface area contributed by atoms with Crippen molar-refractivity contribution in [2.24, 2.45) is 5.84 Å². The molecule has 0 radical (unpaired) electrons. The molecule has 1 amide bonds. The van der Waals surface area contributed by atoms with Gasteiger partial charge in [0.15, 0.2) is 6.10 Å². The third-order valence-electron chi connectivity index (χ3n) is 5.38. The van der Waals surface area contributed by atoms with Gasteiger partial charge in [-0.25, -0.2) is 10.9 Å².